The third-order valence-corrected chi connectivity index (χ3v) is 5.54. The van der Waals surface area contributed by atoms with E-state index in [4.69, 9.17) is 16.9 Å². The normalized spacial score (nSPS) is 16.4. The van der Waals surface area contributed by atoms with Gasteiger partial charge in [-0.05, 0) is 42.9 Å². The average molecular weight is 435 g/mol. The quantitative estimate of drug-likeness (QED) is 0.600. The molecule has 1 heterocycles. The lowest BCUT2D eigenvalue weighted by atomic mass is 10.2. The Bertz CT molecular complexity index is 852. The van der Waals surface area contributed by atoms with Crippen molar-refractivity contribution < 1.29 is 14.4 Å². The van der Waals surface area contributed by atoms with Crippen molar-refractivity contribution in [1.82, 2.24) is 15.1 Å². The van der Waals surface area contributed by atoms with Gasteiger partial charge in [0.1, 0.15) is 0 Å². The minimum absolute atomic E-state index is 0.0942. The second-order valence-electron chi connectivity index (χ2n) is 6.56. The summed E-state index contributed by atoms with van der Waals surface area (Å²) in [5, 5.41) is 11.7. The first-order chi connectivity index (χ1) is 13.8. The number of hydrogen-bond acceptors (Lipinski definition) is 6. The molecule has 0 aliphatic carbocycles. The van der Waals surface area contributed by atoms with E-state index in [0.717, 1.165) is 16.7 Å². The highest BCUT2D eigenvalue weighted by Gasteiger charge is 2.34. The molecule has 1 aromatic carbocycles. The molecule has 1 fully saturated rings. The van der Waals surface area contributed by atoms with Crippen LogP contribution in [0.5, 0.6) is 0 Å². The van der Waals surface area contributed by atoms with Crippen LogP contribution in [-0.4, -0.2) is 59.6 Å². The van der Waals surface area contributed by atoms with Crippen molar-refractivity contribution in [2.75, 3.05) is 32.7 Å². The highest BCUT2D eigenvalue weighted by Crippen LogP contribution is 2.33. The third kappa shape index (κ3) is 6.60. The van der Waals surface area contributed by atoms with Gasteiger partial charge in [0.05, 0.1) is 23.4 Å². The van der Waals surface area contributed by atoms with E-state index < -0.39 is 5.91 Å². The zero-order valence-electron chi connectivity index (χ0n) is 16.4. The zero-order valence-corrected chi connectivity index (χ0v) is 17.9. The van der Waals surface area contributed by atoms with Gasteiger partial charge >= 0.3 is 0 Å². The van der Waals surface area contributed by atoms with E-state index >= 15 is 0 Å². The van der Waals surface area contributed by atoms with Gasteiger partial charge in [-0.1, -0.05) is 36.7 Å². The smallest absolute Gasteiger partial charge is 0.293 e. The number of imide groups is 1. The van der Waals surface area contributed by atoms with Gasteiger partial charge in [0, 0.05) is 24.7 Å². The first-order valence-corrected chi connectivity index (χ1v) is 10.4. The van der Waals surface area contributed by atoms with E-state index in [-0.39, 0.29) is 36.7 Å². The van der Waals surface area contributed by atoms with Crippen LogP contribution in [0.15, 0.2) is 29.2 Å². The molecule has 0 spiro atoms. The largest absolute Gasteiger partial charge is 0.353 e. The number of carbonyl (C=O) groups is 3. The molecule has 1 aliphatic rings. The number of thioether (sulfide) groups is 1. The minimum Gasteiger partial charge on any atom is -0.353 e. The van der Waals surface area contributed by atoms with E-state index in [2.05, 4.69) is 11.4 Å². The second-order valence-corrected chi connectivity index (χ2v) is 7.96. The predicted octanol–water partition coefficient (Wildman–Crippen LogP) is 2.97. The molecule has 1 unspecified atom stereocenters. The summed E-state index contributed by atoms with van der Waals surface area (Å²) in [6.07, 6.45) is 1.60. The molecular formula is C20H23ClN4O3S. The highest BCUT2D eigenvalue weighted by atomic mass is 35.5. The number of rotatable bonds is 9. The van der Waals surface area contributed by atoms with Crippen LogP contribution in [0.1, 0.15) is 19.4 Å². The Balaban J connectivity index is 1.87. The van der Waals surface area contributed by atoms with Crippen molar-refractivity contribution in [3.63, 3.8) is 0 Å². The Hall–Kier alpha value is -2.34. The van der Waals surface area contributed by atoms with Crippen LogP contribution >= 0.6 is 23.4 Å². The maximum absolute atomic E-state index is 12.5. The number of nitrogens with zero attached hydrogens (tertiary/aromatic N) is 3. The molecule has 1 aliphatic heterocycles. The van der Waals surface area contributed by atoms with Gasteiger partial charge in [-0.2, -0.15) is 5.26 Å². The maximum Gasteiger partial charge on any atom is 0.293 e. The molecule has 9 heteroatoms. The van der Waals surface area contributed by atoms with Crippen LogP contribution in [0.4, 0.5) is 4.79 Å². The number of likely N-dealkylation sites (N-methyl/N-ethyl adjacent to an activating group) is 1. The SMILES string of the molecule is CCN(CC(=O)NCCN1C(=O)S/C(=C\c2ccccc2Cl)C1=O)CC(C)C#N. The fourth-order valence-electron chi connectivity index (χ4n) is 2.73. The molecule has 1 atom stereocenters. The van der Waals surface area contributed by atoms with Crippen molar-refractivity contribution in [1.29, 1.82) is 5.26 Å². The monoisotopic (exact) mass is 434 g/mol. The molecular weight excluding hydrogens is 412 g/mol. The summed E-state index contributed by atoms with van der Waals surface area (Å²) in [6, 6.07) is 9.21. The first kappa shape index (κ1) is 22.9. The molecule has 0 radical (unpaired) electrons. The van der Waals surface area contributed by atoms with Crippen molar-refractivity contribution in [2.24, 2.45) is 5.92 Å². The Morgan fingerprint density at radius 3 is 2.79 bits per heavy atom. The lowest BCUT2D eigenvalue weighted by molar-refractivity contribution is -0.124. The van der Waals surface area contributed by atoms with Crippen LogP contribution in [0.2, 0.25) is 5.02 Å². The lowest BCUT2D eigenvalue weighted by Crippen LogP contribution is -2.42. The summed E-state index contributed by atoms with van der Waals surface area (Å²) in [4.78, 5) is 40.1. The topological polar surface area (TPSA) is 93.5 Å². The Labute approximate surface area is 179 Å². The van der Waals surface area contributed by atoms with E-state index in [1.165, 1.54) is 0 Å². The fourth-order valence-corrected chi connectivity index (χ4v) is 3.77. The van der Waals surface area contributed by atoms with Crippen LogP contribution in [0, 0.1) is 17.2 Å². The van der Waals surface area contributed by atoms with Crippen molar-refractivity contribution >= 4 is 46.5 Å². The van der Waals surface area contributed by atoms with Crippen molar-refractivity contribution in [3.05, 3.63) is 39.8 Å². The number of hydrogen-bond donors (Lipinski definition) is 1. The van der Waals surface area contributed by atoms with Gasteiger partial charge in [0.2, 0.25) is 5.91 Å². The van der Waals surface area contributed by atoms with E-state index in [0.29, 0.717) is 28.6 Å². The molecule has 1 aromatic rings. The molecule has 0 bridgehead atoms. The standard InChI is InChI=1S/C20H23ClN4O3S/c1-3-24(12-14(2)11-22)13-18(26)23-8-9-25-19(27)17(29-20(25)28)10-15-6-4-5-7-16(15)21/h4-7,10,14H,3,8-9,12-13H2,1-2H3,(H,23,26)/b17-10-. The van der Waals surface area contributed by atoms with Gasteiger partial charge in [0.15, 0.2) is 0 Å². The van der Waals surface area contributed by atoms with Gasteiger partial charge in [0.25, 0.3) is 11.1 Å². The van der Waals surface area contributed by atoms with Gasteiger partial charge in [-0.15, -0.1) is 0 Å². The molecule has 3 amide bonds. The molecule has 0 aromatic heterocycles. The van der Waals surface area contributed by atoms with E-state index in [9.17, 15) is 14.4 Å². The molecule has 154 valence electrons. The molecule has 2 rings (SSSR count). The fraction of sp³-hybridized carbons (Fsp3) is 0.400. The summed E-state index contributed by atoms with van der Waals surface area (Å²) < 4.78 is 0. The van der Waals surface area contributed by atoms with Crippen LogP contribution in [0.25, 0.3) is 6.08 Å². The Kier molecular flexibility index (Phi) is 8.70. The number of nitrogens with one attached hydrogen (secondary N) is 1. The highest BCUT2D eigenvalue weighted by molar-refractivity contribution is 8.18. The van der Waals surface area contributed by atoms with Crippen LogP contribution < -0.4 is 5.32 Å². The molecule has 1 saturated heterocycles. The third-order valence-electron chi connectivity index (χ3n) is 4.29. The Morgan fingerprint density at radius 1 is 1.41 bits per heavy atom. The summed E-state index contributed by atoms with van der Waals surface area (Å²) in [6.45, 7) is 5.31. The van der Waals surface area contributed by atoms with Crippen molar-refractivity contribution in [2.45, 2.75) is 13.8 Å². The maximum atomic E-state index is 12.5. The van der Waals surface area contributed by atoms with Gasteiger partial charge in [-0.3, -0.25) is 24.2 Å². The molecule has 7 nitrogen and oxygen atoms in total. The zero-order chi connectivity index (χ0) is 21.4. The summed E-state index contributed by atoms with van der Waals surface area (Å²) in [7, 11) is 0. The number of benzene rings is 1. The molecule has 0 saturated carbocycles. The minimum atomic E-state index is -0.396. The number of nitriles is 1. The van der Waals surface area contributed by atoms with E-state index in [1.807, 2.05) is 11.8 Å². The number of carbonyl (C=O) groups excluding carboxylic acids is 3. The predicted molar refractivity (Wildman–Crippen MR) is 114 cm³/mol. The summed E-state index contributed by atoms with van der Waals surface area (Å²) >= 11 is 6.96. The summed E-state index contributed by atoms with van der Waals surface area (Å²) in [5.74, 6) is -0.772. The number of amides is 3. The van der Waals surface area contributed by atoms with E-state index in [1.54, 1.807) is 37.3 Å². The molecule has 1 N–H and O–H groups in total. The molecule has 29 heavy (non-hydrogen) atoms. The van der Waals surface area contributed by atoms with Crippen LogP contribution in [-0.2, 0) is 9.59 Å². The summed E-state index contributed by atoms with van der Waals surface area (Å²) in [5.41, 5.74) is 0.666. The van der Waals surface area contributed by atoms with Gasteiger partial charge < -0.3 is 5.32 Å². The lowest BCUT2D eigenvalue weighted by Gasteiger charge is -2.21. The van der Waals surface area contributed by atoms with Crippen LogP contribution in [0.3, 0.4) is 0 Å². The van der Waals surface area contributed by atoms with Crippen molar-refractivity contribution in [3.8, 4) is 6.07 Å². The average Bonchev–Trinajstić information content (AvgIpc) is 2.96. The van der Waals surface area contributed by atoms with Gasteiger partial charge in [-0.25, -0.2) is 0 Å². The first-order valence-electron chi connectivity index (χ1n) is 9.24. The number of halogens is 1. The second kappa shape index (κ2) is 11.0. The Morgan fingerprint density at radius 2 is 2.14 bits per heavy atom.